The molecular weight excluding hydrogens is 1040 g/mol. The van der Waals surface area contributed by atoms with Crippen LogP contribution in [0.3, 0.4) is 0 Å². The van der Waals surface area contributed by atoms with E-state index < -0.39 is 0 Å². The Morgan fingerprint density at radius 3 is 1.01 bits per heavy atom. The van der Waals surface area contributed by atoms with E-state index >= 15 is 0 Å². The van der Waals surface area contributed by atoms with E-state index in [1.807, 2.05) is 0 Å². The summed E-state index contributed by atoms with van der Waals surface area (Å²) in [6.45, 7) is 20.4. The number of hydrogen-bond acceptors (Lipinski definition) is 2. The first-order valence-electron chi connectivity index (χ1n) is 31.3. The smallest absolute Gasteiger partial charge is 0.252 e. The molecule has 2 nitrogen and oxygen atoms in total. The van der Waals surface area contributed by atoms with Crippen LogP contribution in [0.4, 0.5) is 34.1 Å². The van der Waals surface area contributed by atoms with Crippen LogP contribution >= 0.6 is 0 Å². The number of aryl methyl sites for hydroxylation is 3. The lowest BCUT2D eigenvalue weighted by Gasteiger charge is -2.46. The molecule has 0 aliphatic carbocycles. The minimum absolute atomic E-state index is 0.0978. The predicted molar refractivity (Wildman–Crippen MR) is 370 cm³/mol. The summed E-state index contributed by atoms with van der Waals surface area (Å²) >= 11 is 0. The molecular formula is C83H71BN2. The molecule has 14 rings (SSSR count). The maximum Gasteiger partial charge on any atom is 0.252 e. The summed E-state index contributed by atoms with van der Waals surface area (Å²) in [7, 11) is 0. The second kappa shape index (κ2) is 21.4. The van der Waals surface area contributed by atoms with Crippen LogP contribution in [0.5, 0.6) is 0 Å². The SMILES string of the molecule is [2H]c1cc(-c2ccccc2)c(N2c3cc(-c4ccccc4)ccc3B3c4ccc(-c5cc(C(C)(C)C)cc(C(C)(C)C)c5)cc4N(c4c(-c5ccccc5)cc([2H])cc4-c4ccccc4)c4cc(-c5c(C)cc(C)cc5C)cc2c43)c(-c2ccccc2)c1. The van der Waals surface area contributed by atoms with Crippen molar-refractivity contribution in [2.75, 3.05) is 9.80 Å². The van der Waals surface area contributed by atoms with Gasteiger partial charge in [-0.2, -0.15) is 0 Å². The zero-order chi connectivity index (χ0) is 60.8. The van der Waals surface area contributed by atoms with Crippen LogP contribution < -0.4 is 26.2 Å². The third-order valence-corrected chi connectivity index (χ3v) is 17.9. The van der Waals surface area contributed by atoms with Crippen molar-refractivity contribution in [1.82, 2.24) is 0 Å². The van der Waals surface area contributed by atoms with E-state index in [2.05, 4.69) is 327 Å². The number of hydrogen-bond donors (Lipinski definition) is 0. The lowest BCUT2D eigenvalue weighted by Crippen LogP contribution is -2.61. The topological polar surface area (TPSA) is 6.48 Å². The third kappa shape index (κ3) is 9.57. The Morgan fingerprint density at radius 2 is 0.651 bits per heavy atom. The van der Waals surface area contributed by atoms with Gasteiger partial charge in [0.15, 0.2) is 0 Å². The fourth-order valence-electron chi connectivity index (χ4n) is 13.7. The highest BCUT2D eigenvalue weighted by molar-refractivity contribution is 7.00. The molecule has 2 aliphatic rings. The molecule has 0 atom stereocenters. The molecule has 0 radical (unpaired) electrons. The standard InChI is InChI=1S/C83H71BN2/c1-54-45-55(2)78(56(3)46-54)65-51-76-79-77(52-65)86(81-70(60-33-21-13-22-34-60)39-26-40-71(81)61-35-23-14-24-36-61)75-50-63(64-47-66(82(4,5)6)53-67(48-64)83(7,8)9)42-44-73(75)84(79)72-43-41-62(57-27-15-10-16-28-57)49-74(72)85(76)80-68(58-29-17-11-18-30-58)37-25-38-69(80)59-31-19-12-20-32-59/h10-53H,1-9H3/i25D,26D. The maximum absolute atomic E-state index is 9.72. The van der Waals surface area contributed by atoms with Gasteiger partial charge >= 0.3 is 0 Å². The first-order chi connectivity index (χ1) is 42.5. The van der Waals surface area contributed by atoms with Crippen LogP contribution in [-0.2, 0) is 10.8 Å². The zero-order valence-electron chi connectivity index (χ0n) is 52.7. The van der Waals surface area contributed by atoms with Crippen LogP contribution in [0, 0.1) is 20.8 Å². The van der Waals surface area contributed by atoms with E-state index in [1.54, 1.807) is 0 Å². The maximum atomic E-state index is 9.72. The number of rotatable bonds is 9. The molecule has 2 heterocycles. The molecule has 2 aliphatic heterocycles. The summed E-state index contributed by atoms with van der Waals surface area (Å²) in [5.74, 6) is 0. The van der Waals surface area contributed by atoms with Crippen molar-refractivity contribution in [3.05, 3.63) is 295 Å². The van der Waals surface area contributed by atoms with Crippen molar-refractivity contribution in [3.8, 4) is 77.9 Å². The number of fused-ring (bicyclic) bond motifs is 4. The fraction of sp³-hybridized carbons (Fsp3) is 0.133. The Hall–Kier alpha value is -9.70. The molecule has 0 unspecified atom stereocenters. The molecule has 86 heavy (non-hydrogen) atoms. The monoisotopic (exact) mass is 1110 g/mol. The lowest BCUT2D eigenvalue weighted by atomic mass is 9.33. The third-order valence-electron chi connectivity index (χ3n) is 17.9. The molecule has 0 aromatic heterocycles. The minimum atomic E-state index is -0.242. The van der Waals surface area contributed by atoms with E-state index in [4.69, 9.17) is 0 Å². The zero-order valence-corrected chi connectivity index (χ0v) is 50.7. The molecule has 3 heteroatoms. The largest absolute Gasteiger partial charge is 0.310 e. The van der Waals surface area contributed by atoms with Gasteiger partial charge in [-0.3, -0.25) is 0 Å². The highest BCUT2D eigenvalue weighted by Crippen LogP contribution is 2.54. The molecule has 0 N–H and O–H groups in total. The summed E-state index contributed by atoms with van der Waals surface area (Å²) in [5.41, 5.74) is 30.8. The first-order valence-corrected chi connectivity index (χ1v) is 30.3. The Kier molecular flexibility index (Phi) is 12.9. The molecule has 0 spiro atoms. The van der Waals surface area contributed by atoms with Gasteiger partial charge in [0.2, 0.25) is 0 Å². The molecule has 416 valence electrons. The highest BCUT2D eigenvalue weighted by Gasteiger charge is 2.46. The number of para-hydroxylation sites is 2. The van der Waals surface area contributed by atoms with Crippen molar-refractivity contribution in [2.24, 2.45) is 0 Å². The lowest BCUT2D eigenvalue weighted by molar-refractivity contribution is 0.569. The summed E-state index contributed by atoms with van der Waals surface area (Å²) in [4.78, 5) is 5.18. The molecule has 0 bridgehead atoms. The van der Waals surface area contributed by atoms with Crippen LogP contribution in [0.15, 0.2) is 267 Å². The van der Waals surface area contributed by atoms with Crippen LogP contribution in [-0.4, -0.2) is 6.71 Å². The Balaban J connectivity index is 1.20. The summed E-state index contributed by atoms with van der Waals surface area (Å²) < 4.78 is 19.4. The van der Waals surface area contributed by atoms with E-state index in [0.29, 0.717) is 12.1 Å². The van der Waals surface area contributed by atoms with Crippen LogP contribution in [0.2, 0.25) is 0 Å². The van der Waals surface area contributed by atoms with Gasteiger partial charge in [-0.15, -0.1) is 0 Å². The second-order valence-electron chi connectivity index (χ2n) is 25.7. The van der Waals surface area contributed by atoms with Crippen LogP contribution in [0.25, 0.3) is 77.9 Å². The molecule has 0 amide bonds. The Labute approximate surface area is 512 Å². The van der Waals surface area contributed by atoms with Crippen LogP contribution in [0.1, 0.15) is 72.1 Å². The number of benzene rings is 12. The predicted octanol–water partition coefficient (Wildman–Crippen LogP) is 21.0. The molecule has 12 aromatic rings. The molecule has 0 saturated heterocycles. The van der Waals surface area contributed by atoms with Gasteiger partial charge in [-0.25, -0.2) is 0 Å². The molecule has 0 saturated carbocycles. The molecule has 0 fully saturated rings. The van der Waals surface area contributed by atoms with E-state index in [0.717, 1.165) is 101 Å². The van der Waals surface area contributed by atoms with Gasteiger partial charge in [0.25, 0.3) is 6.71 Å². The second-order valence-corrected chi connectivity index (χ2v) is 25.7. The number of anilines is 6. The van der Waals surface area contributed by atoms with Gasteiger partial charge in [0.05, 0.1) is 14.1 Å². The summed E-state index contributed by atoms with van der Waals surface area (Å²) in [5, 5.41) is 0. The van der Waals surface area contributed by atoms with E-state index in [-0.39, 0.29) is 17.5 Å². The number of nitrogens with zero attached hydrogens (tertiary/aromatic N) is 2. The van der Waals surface area contributed by atoms with Crippen molar-refractivity contribution < 1.29 is 2.74 Å². The van der Waals surface area contributed by atoms with Gasteiger partial charge in [-0.05, 0) is 150 Å². The fourth-order valence-corrected chi connectivity index (χ4v) is 13.7. The average Bonchev–Trinajstić information content (AvgIpc) is 0.736. The van der Waals surface area contributed by atoms with Crippen molar-refractivity contribution in [3.63, 3.8) is 0 Å². The molecule has 12 aromatic carbocycles. The quantitative estimate of drug-likeness (QED) is 0.133. The van der Waals surface area contributed by atoms with E-state index in [1.165, 1.54) is 55.3 Å². The van der Waals surface area contributed by atoms with Gasteiger partial charge in [0, 0.05) is 45.0 Å². The first kappa shape index (κ1) is 51.9. The van der Waals surface area contributed by atoms with Crippen molar-refractivity contribution >= 4 is 57.2 Å². The Morgan fingerprint density at radius 1 is 0.314 bits per heavy atom. The normalized spacial score (nSPS) is 13.0. The van der Waals surface area contributed by atoms with Gasteiger partial charge in [0.1, 0.15) is 0 Å². The average molecular weight is 1110 g/mol. The van der Waals surface area contributed by atoms with Gasteiger partial charge < -0.3 is 9.80 Å². The summed E-state index contributed by atoms with van der Waals surface area (Å²) in [6, 6.07) is 94.1. The van der Waals surface area contributed by atoms with Crippen molar-refractivity contribution in [1.29, 1.82) is 0 Å². The Bertz CT molecular complexity index is 4500. The van der Waals surface area contributed by atoms with Gasteiger partial charge in [-0.1, -0.05) is 290 Å². The highest BCUT2D eigenvalue weighted by atomic mass is 15.2. The van der Waals surface area contributed by atoms with Crippen molar-refractivity contribution in [2.45, 2.75) is 73.1 Å². The minimum Gasteiger partial charge on any atom is -0.310 e. The van der Waals surface area contributed by atoms with E-state index in [9.17, 15) is 2.74 Å². The summed E-state index contributed by atoms with van der Waals surface area (Å²) in [6.07, 6.45) is 0.